The summed E-state index contributed by atoms with van der Waals surface area (Å²) in [5, 5.41) is 11.6. The molecule has 17 heavy (non-hydrogen) atoms. The molecule has 0 fully saturated rings. The van der Waals surface area contributed by atoms with Gasteiger partial charge in [-0.15, -0.1) is 0 Å². The molecule has 0 aliphatic rings. The number of carbonyl (C=O) groups excluding carboxylic acids is 1. The van der Waals surface area contributed by atoms with Gasteiger partial charge in [0.1, 0.15) is 6.10 Å². The van der Waals surface area contributed by atoms with Crippen molar-refractivity contribution in [1.82, 2.24) is 10.3 Å². The van der Waals surface area contributed by atoms with Gasteiger partial charge in [0.15, 0.2) is 5.58 Å². The fourth-order valence-corrected chi connectivity index (χ4v) is 1.45. The van der Waals surface area contributed by atoms with Crippen LogP contribution < -0.4 is 11.1 Å². The predicted octanol–water partition coefficient (Wildman–Crippen LogP) is 0.118. The van der Waals surface area contributed by atoms with Gasteiger partial charge >= 0.3 is 5.76 Å². The van der Waals surface area contributed by atoms with Crippen LogP contribution >= 0.6 is 0 Å². The molecule has 1 aromatic carbocycles. The van der Waals surface area contributed by atoms with Gasteiger partial charge in [-0.05, 0) is 24.6 Å². The van der Waals surface area contributed by atoms with E-state index >= 15 is 0 Å². The molecular formula is C11H12N2O4. The molecule has 0 radical (unpaired) electrons. The summed E-state index contributed by atoms with van der Waals surface area (Å²) in [6.07, 6.45) is -1.03. The van der Waals surface area contributed by atoms with E-state index in [-0.39, 0.29) is 6.54 Å². The molecule has 1 aromatic heterocycles. The first kappa shape index (κ1) is 11.4. The van der Waals surface area contributed by atoms with E-state index < -0.39 is 17.8 Å². The van der Waals surface area contributed by atoms with Crippen LogP contribution in [0, 0.1) is 0 Å². The SMILES string of the molecule is CC(O)C(=O)NCc1ccc2oc(=O)[nH]c2c1. The van der Waals surface area contributed by atoms with Gasteiger partial charge in [0.25, 0.3) is 0 Å². The Bertz CT molecular complexity index is 597. The number of benzene rings is 1. The lowest BCUT2D eigenvalue weighted by molar-refractivity contribution is -0.128. The Hall–Kier alpha value is -2.08. The summed E-state index contributed by atoms with van der Waals surface area (Å²) in [6.45, 7) is 1.68. The quantitative estimate of drug-likeness (QED) is 0.705. The Balaban J connectivity index is 2.14. The van der Waals surface area contributed by atoms with Crippen molar-refractivity contribution >= 4 is 17.0 Å². The minimum absolute atomic E-state index is 0.285. The number of hydrogen-bond acceptors (Lipinski definition) is 4. The normalized spacial score (nSPS) is 12.6. The summed E-state index contributed by atoms with van der Waals surface area (Å²) < 4.78 is 4.85. The van der Waals surface area contributed by atoms with E-state index in [0.717, 1.165) is 5.56 Å². The number of oxazole rings is 1. The second-order valence-corrected chi connectivity index (χ2v) is 3.74. The monoisotopic (exact) mass is 236 g/mol. The Kier molecular flexibility index (Phi) is 2.97. The van der Waals surface area contributed by atoms with Crippen molar-refractivity contribution in [2.45, 2.75) is 19.6 Å². The van der Waals surface area contributed by atoms with Gasteiger partial charge < -0.3 is 14.8 Å². The maximum Gasteiger partial charge on any atom is 0.417 e. The fraction of sp³-hybridized carbons (Fsp3) is 0.273. The molecule has 2 aromatic rings. The Labute approximate surface area is 96.3 Å². The lowest BCUT2D eigenvalue weighted by atomic mass is 10.2. The molecule has 1 amide bonds. The van der Waals surface area contributed by atoms with Crippen molar-refractivity contribution in [1.29, 1.82) is 0 Å². The fourth-order valence-electron chi connectivity index (χ4n) is 1.45. The third-order valence-electron chi connectivity index (χ3n) is 2.33. The summed E-state index contributed by atoms with van der Waals surface area (Å²) in [7, 11) is 0. The van der Waals surface area contributed by atoms with Crippen LogP contribution in [-0.2, 0) is 11.3 Å². The molecule has 0 aliphatic carbocycles. The van der Waals surface area contributed by atoms with Crippen LogP contribution in [0.2, 0.25) is 0 Å². The van der Waals surface area contributed by atoms with Gasteiger partial charge in [-0.25, -0.2) is 4.79 Å². The van der Waals surface area contributed by atoms with Crippen molar-refractivity contribution in [3.05, 3.63) is 34.3 Å². The van der Waals surface area contributed by atoms with Gasteiger partial charge in [-0.2, -0.15) is 0 Å². The summed E-state index contributed by atoms with van der Waals surface area (Å²) >= 11 is 0. The summed E-state index contributed by atoms with van der Waals surface area (Å²) in [5.74, 6) is -0.948. The van der Waals surface area contributed by atoms with Crippen LogP contribution in [0.25, 0.3) is 11.1 Å². The molecular weight excluding hydrogens is 224 g/mol. The number of nitrogens with one attached hydrogen (secondary N) is 2. The number of aromatic amines is 1. The molecule has 0 bridgehead atoms. The highest BCUT2D eigenvalue weighted by Crippen LogP contribution is 2.11. The molecule has 6 nitrogen and oxygen atoms in total. The van der Waals surface area contributed by atoms with Gasteiger partial charge in [0, 0.05) is 6.54 Å². The topological polar surface area (TPSA) is 95.3 Å². The third kappa shape index (κ3) is 2.54. The van der Waals surface area contributed by atoms with Crippen molar-refractivity contribution in [3.8, 4) is 0 Å². The molecule has 90 valence electrons. The van der Waals surface area contributed by atoms with Crippen molar-refractivity contribution in [2.24, 2.45) is 0 Å². The molecule has 6 heteroatoms. The van der Waals surface area contributed by atoms with Crippen LogP contribution in [0.5, 0.6) is 0 Å². The van der Waals surface area contributed by atoms with Crippen LogP contribution in [-0.4, -0.2) is 22.1 Å². The number of amides is 1. The molecule has 1 atom stereocenters. The van der Waals surface area contributed by atoms with E-state index in [1.54, 1.807) is 18.2 Å². The van der Waals surface area contributed by atoms with E-state index in [2.05, 4.69) is 10.3 Å². The number of fused-ring (bicyclic) bond motifs is 1. The standard InChI is InChI=1S/C11H12N2O4/c1-6(14)10(15)12-5-7-2-3-9-8(4-7)13-11(16)17-9/h2-4,6,14H,5H2,1H3,(H,12,15)(H,13,16). The maximum absolute atomic E-state index is 11.1. The zero-order chi connectivity index (χ0) is 12.4. The molecule has 0 spiro atoms. The Morgan fingerprint density at radius 3 is 3.06 bits per heavy atom. The lowest BCUT2D eigenvalue weighted by Gasteiger charge is -2.06. The van der Waals surface area contributed by atoms with E-state index in [0.29, 0.717) is 11.1 Å². The van der Waals surface area contributed by atoms with Gasteiger partial charge in [-0.1, -0.05) is 6.07 Å². The van der Waals surface area contributed by atoms with E-state index in [1.165, 1.54) is 6.92 Å². The molecule has 2 rings (SSSR count). The van der Waals surface area contributed by atoms with E-state index in [1.807, 2.05) is 0 Å². The Morgan fingerprint density at radius 1 is 1.59 bits per heavy atom. The first-order valence-electron chi connectivity index (χ1n) is 5.14. The highest BCUT2D eigenvalue weighted by molar-refractivity contribution is 5.80. The van der Waals surface area contributed by atoms with Crippen LogP contribution in [0.3, 0.4) is 0 Å². The average molecular weight is 236 g/mol. The summed E-state index contributed by atoms with van der Waals surface area (Å²) in [4.78, 5) is 24.6. The van der Waals surface area contributed by atoms with Crippen molar-refractivity contribution in [3.63, 3.8) is 0 Å². The number of carbonyl (C=O) groups is 1. The first-order chi connectivity index (χ1) is 8.06. The zero-order valence-electron chi connectivity index (χ0n) is 9.19. The highest BCUT2D eigenvalue weighted by atomic mass is 16.4. The van der Waals surface area contributed by atoms with Crippen molar-refractivity contribution in [2.75, 3.05) is 0 Å². The molecule has 3 N–H and O–H groups in total. The van der Waals surface area contributed by atoms with Gasteiger partial charge in [0.2, 0.25) is 5.91 Å². The number of aromatic nitrogens is 1. The van der Waals surface area contributed by atoms with Crippen LogP contribution in [0.4, 0.5) is 0 Å². The minimum Gasteiger partial charge on any atom is -0.408 e. The summed E-state index contributed by atoms with van der Waals surface area (Å²) in [5.41, 5.74) is 1.86. The smallest absolute Gasteiger partial charge is 0.408 e. The number of H-pyrrole nitrogens is 1. The van der Waals surface area contributed by atoms with Crippen LogP contribution in [0.15, 0.2) is 27.4 Å². The first-order valence-corrected chi connectivity index (χ1v) is 5.14. The number of aliphatic hydroxyl groups is 1. The third-order valence-corrected chi connectivity index (χ3v) is 2.33. The number of hydrogen-bond donors (Lipinski definition) is 3. The van der Waals surface area contributed by atoms with Gasteiger partial charge in [-0.3, -0.25) is 9.78 Å². The predicted molar refractivity (Wildman–Crippen MR) is 60.4 cm³/mol. The van der Waals surface area contributed by atoms with Crippen molar-refractivity contribution < 1.29 is 14.3 Å². The molecule has 0 saturated heterocycles. The maximum atomic E-state index is 11.1. The lowest BCUT2D eigenvalue weighted by Crippen LogP contribution is -2.31. The average Bonchev–Trinajstić information content (AvgIpc) is 2.64. The Morgan fingerprint density at radius 2 is 2.35 bits per heavy atom. The minimum atomic E-state index is -1.03. The molecule has 0 aliphatic heterocycles. The molecule has 1 heterocycles. The molecule has 0 saturated carbocycles. The summed E-state index contributed by atoms with van der Waals surface area (Å²) in [6, 6.07) is 5.10. The number of aliphatic hydroxyl groups excluding tert-OH is 1. The zero-order valence-corrected chi connectivity index (χ0v) is 9.19. The molecule has 1 unspecified atom stereocenters. The van der Waals surface area contributed by atoms with E-state index in [4.69, 9.17) is 9.52 Å². The highest BCUT2D eigenvalue weighted by Gasteiger charge is 2.08. The second kappa shape index (κ2) is 4.42. The van der Waals surface area contributed by atoms with E-state index in [9.17, 15) is 9.59 Å². The largest absolute Gasteiger partial charge is 0.417 e. The second-order valence-electron chi connectivity index (χ2n) is 3.74. The van der Waals surface area contributed by atoms with Gasteiger partial charge in [0.05, 0.1) is 5.52 Å². The number of rotatable bonds is 3. The van der Waals surface area contributed by atoms with Crippen LogP contribution in [0.1, 0.15) is 12.5 Å².